The number of hydrogen-bond acceptors (Lipinski definition) is 3. The van der Waals surface area contributed by atoms with Gasteiger partial charge in [-0.25, -0.2) is 12.7 Å². The van der Waals surface area contributed by atoms with Crippen LogP contribution in [0.5, 0.6) is 0 Å². The van der Waals surface area contributed by atoms with Gasteiger partial charge in [-0.3, -0.25) is 4.79 Å². The normalized spacial score (nSPS) is 20.2. The van der Waals surface area contributed by atoms with E-state index in [-0.39, 0.29) is 11.8 Å². The maximum atomic E-state index is 12.2. The number of rotatable bonds is 4. The van der Waals surface area contributed by atoms with Gasteiger partial charge in [0, 0.05) is 19.6 Å². The smallest absolute Gasteiger partial charge is 0.224 e. The van der Waals surface area contributed by atoms with Crippen LogP contribution < -0.4 is 5.32 Å². The summed E-state index contributed by atoms with van der Waals surface area (Å²) in [7, 11) is -3.21. The van der Waals surface area contributed by atoms with Crippen LogP contribution >= 0.6 is 0 Å². The monoisotopic (exact) mass is 310 g/mol. The van der Waals surface area contributed by atoms with E-state index < -0.39 is 10.0 Å². The SMILES string of the molecule is Cc1ccccc1CNC(=O)[C@H]1CCCN(S(C)(=O)=O)C1. The van der Waals surface area contributed by atoms with E-state index in [1.165, 1.54) is 10.6 Å². The summed E-state index contributed by atoms with van der Waals surface area (Å²) in [6.45, 7) is 3.30. The van der Waals surface area contributed by atoms with E-state index in [0.29, 0.717) is 19.6 Å². The molecular weight excluding hydrogens is 288 g/mol. The van der Waals surface area contributed by atoms with Crippen LogP contribution in [0, 0.1) is 12.8 Å². The summed E-state index contributed by atoms with van der Waals surface area (Å²) >= 11 is 0. The Labute approximate surface area is 126 Å². The highest BCUT2D eigenvalue weighted by atomic mass is 32.2. The van der Waals surface area contributed by atoms with Gasteiger partial charge in [0.1, 0.15) is 0 Å². The zero-order valence-corrected chi connectivity index (χ0v) is 13.3. The average molecular weight is 310 g/mol. The maximum Gasteiger partial charge on any atom is 0.224 e. The van der Waals surface area contributed by atoms with E-state index in [4.69, 9.17) is 0 Å². The topological polar surface area (TPSA) is 66.5 Å². The molecule has 1 aromatic carbocycles. The number of sulfonamides is 1. The van der Waals surface area contributed by atoms with Gasteiger partial charge in [0.25, 0.3) is 0 Å². The molecule has 1 atom stereocenters. The van der Waals surface area contributed by atoms with Gasteiger partial charge in [-0.15, -0.1) is 0 Å². The van der Waals surface area contributed by atoms with Crippen LogP contribution in [0.1, 0.15) is 24.0 Å². The summed E-state index contributed by atoms with van der Waals surface area (Å²) in [6, 6.07) is 7.90. The van der Waals surface area contributed by atoms with Crippen LogP contribution in [0.15, 0.2) is 24.3 Å². The van der Waals surface area contributed by atoms with Crippen molar-refractivity contribution in [2.75, 3.05) is 19.3 Å². The number of carbonyl (C=O) groups is 1. The second-order valence-corrected chi connectivity index (χ2v) is 7.59. The van der Waals surface area contributed by atoms with E-state index in [2.05, 4.69) is 5.32 Å². The highest BCUT2D eigenvalue weighted by Crippen LogP contribution is 2.19. The zero-order chi connectivity index (χ0) is 15.5. The van der Waals surface area contributed by atoms with Gasteiger partial charge in [-0.1, -0.05) is 24.3 Å². The third-order valence-corrected chi connectivity index (χ3v) is 5.21. The van der Waals surface area contributed by atoms with Crippen LogP contribution in [-0.4, -0.2) is 38.0 Å². The van der Waals surface area contributed by atoms with Gasteiger partial charge in [-0.2, -0.15) is 0 Å². The molecule has 21 heavy (non-hydrogen) atoms. The van der Waals surface area contributed by atoms with Crippen molar-refractivity contribution in [3.8, 4) is 0 Å². The molecule has 0 radical (unpaired) electrons. The molecule has 116 valence electrons. The van der Waals surface area contributed by atoms with E-state index in [9.17, 15) is 13.2 Å². The Hall–Kier alpha value is -1.40. The minimum atomic E-state index is -3.21. The molecule has 1 amide bonds. The molecule has 2 rings (SSSR count). The molecule has 1 aliphatic heterocycles. The first kappa shape index (κ1) is 16.0. The van der Waals surface area contributed by atoms with E-state index in [1.54, 1.807) is 0 Å². The van der Waals surface area contributed by atoms with E-state index in [1.807, 2.05) is 31.2 Å². The van der Waals surface area contributed by atoms with E-state index in [0.717, 1.165) is 24.0 Å². The van der Waals surface area contributed by atoms with Crippen molar-refractivity contribution in [3.63, 3.8) is 0 Å². The fraction of sp³-hybridized carbons (Fsp3) is 0.533. The molecule has 5 nitrogen and oxygen atoms in total. The van der Waals surface area contributed by atoms with Crippen molar-refractivity contribution in [2.45, 2.75) is 26.3 Å². The first-order chi connectivity index (χ1) is 9.88. The van der Waals surface area contributed by atoms with Gasteiger partial charge in [0.15, 0.2) is 0 Å². The van der Waals surface area contributed by atoms with Crippen LogP contribution in [0.2, 0.25) is 0 Å². The lowest BCUT2D eigenvalue weighted by molar-refractivity contribution is -0.126. The van der Waals surface area contributed by atoms with Crippen molar-refractivity contribution in [3.05, 3.63) is 35.4 Å². The molecule has 1 fully saturated rings. The molecular formula is C15H22N2O3S. The van der Waals surface area contributed by atoms with Gasteiger partial charge in [0.05, 0.1) is 12.2 Å². The first-order valence-electron chi connectivity index (χ1n) is 7.15. The average Bonchev–Trinajstić information content (AvgIpc) is 2.45. The van der Waals surface area contributed by atoms with Crippen LogP contribution in [0.4, 0.5) is 0 Å². The molecule has 1 saturated heterocycles. The molecule has 0 aromatic heterocycles. The van der Waals surface area contributed by atoms with E-state index >= 15 is 0 Å². The van der Waals surface area contributed by atoms with Crippen LogP contribution in [0.25, 0.3) is 0 Å². The van der Waals surface area contributed by atoms with Crippen molar-refractivity contribution < 1.29 is 13.2 Å². The Kier molecular flexibility index (Phi) is 5.00. The molecule has 0 unspecified atom stereocenters. The largest absolute Gasteiger partial charge is 0.352 e. The highest BCUT2D eigenvalue weighted by Gasteiger charge is 2.29. The molecule has 0 spiro atoms. The second kappa shape index (κ2) is 6.58. The summed E-state index contributed by atoms with van der Waals surface area (Å²) in [4.78, 5) is 12.2. The molecule has 6 heteroatoms. The summed E-state index contributed by atoms with van der Waals surface area (Å²) in [5, 5.41) is 2.92. The third kappa shape index (κ3) is 4.28. The molecule has 0 aliphatic carbocycles. The first-order valence-corrected chi connectivity index (χ1v) is 9.00. The number of carbonyl (C=O) groups excluding carboxylic acids is 1. The predicted molar refractivity (Wildman–Crippen MR) is 82.2 cm³/mol. The Balaban J connectivity index is 1.93. The molecule has 0 bridgehead atoms. The van der Waals surface area contributed by atoms with Crippen LogP contribution in [0.3, 0.4) is 0 Å². The number of piperidine rings is 1. The quantitative estimate of drug-likeness (QED) is 0.911. The summed E-state index contributed by atoms with van der Waals surface area (Å²) in [5.41, 5.74) is 2.22. The van der Waals surface area contributed by atoms with Gasteiger partial charge < -0.3 is 5.32 Å². The Morgan fingerprint density at radius 2 is 2.10 bits per heavy atom. The molecule has 1 aliphatic rings. The second-order valence-electron chi connectivity index (χ2n) is 5.60. The van der Waals surface area contributed by atoms with Crippen molar-refractivity contribution in [1.82, 2.24) is 9.62 Å². The standard InChI is InChI=1S/C15H22N2O3S/c1-12-6-3-4-7-13(12)10-16-15(18)14-8-5-9-17(11-14)21(2,19)20/h3-4,6-7,14H,5,8-11H2,1-2H3,(H,16,18)/t14-/m0/s1. The van der Waals surface area contributed by atoms with Crippen LogP contribution in [-0.2, 0) is 21.4 Å². The summed E-state index contributed by atoms with van der Waals surface area (Å²) in [5.74, 6) is -0.316. The maximum absolute atomic E-state index is 12.2. The lowest BCUT2D eigenvalue weighted by Gasteiger charge is -2.30. The fourth-order valence-electron chi connectivity index (χ4n) is 2.59. The molecule has 1 aromatic rings. The third-order valence-electron chi connectivity index (χ3n) is 3.94. The Bertz CT molecular complexity index is 613. The highest BCUT2D eigenvalue weighted by molar-refractivity contribution is 7.88. The van der Waals surface area contributed by atoms with Gasteiger partial charge in [-0.05, 0) is 30.9 Å². The lowest BCUT2D eigenvalue weighted by atomic mass is 9.98. The Morgan fingerprint density at radius 1 is 1.38 bits per heavy atom. The number of benzene rings is 1. The zero-order valence-electron chi connectivity index (χ0n) is 12.5. The minimum absolute atomic E-state index is 0.0633. The van der Waals surface area contributed by atoms with Crippen molar-refractivity contribution in [1.29, 1.82) is 0 Å². The van der Waals surface area contributed by atoms with Crippen molar-refractivity contribution in [2.24, 2.45) is 5.92 Å². The number of amides is 1. The number of aryl methyl sites for hydroxylation is 1. The van der Waals surface area contributed by atoms with Crippen molar-refractivity contribution >= 4 is 15.9 Å². The molecule has 1 N–H and O–H groups in total. The minimum Gasteiger partial charge on any atom is -0.352 e. The summed E-state index contributed by atoms with van der Waals surface area (Å²) < 4.78 is 24.5. The lowest BCUT2D eigenvalue weighted by Crippen LogP contribution is -2.44. The van der Waals surface area contributed by atoms with Gasteiger partial charge >= 0.3 is 0 Å². The summed E-state index contributed by atoms with van der Waals surface area (Å²) in [6.07, 6.45) is 2.67. The number of nitrogens with zero attached hydrogens (tertiary/aromatic N) is 1. The predicted octanol–water partition coefficient (Wildman–Crippen LogP) is 1.28. The molecule has 0 saturated carbocycles. The number of nitrogens with one attached hydrogen (secondary N) is 1. The fourth-order valence-corrected chi connectivity index (χ4v) is 3.50. The molecule has 1 heterocycles. The number of hydrogen-bond donors (Lipinski definition) is 1. The van der Waals surface area contributed by atoms with Gasteiger partial charge in [0.2, 0.25) is 15.9 Å². The Morgan fingerprint density at radius 3 is 2.76 bits per heavy atom.